The Bertz CT molecular complexity index is 1100. The van der Waals surface area contributed by atoms with E-state index in [-0.39, 0.29) is 12.1 Å². The fourth-order valence-electron chi connectivity index (χ4n) is 3.41. The van der Waals surface area contributed by atoms with Crippen molar-refractivity contribution in [3.63, 3.8) is 0 Å². The predicted molar refractivity (Wildman–Crippen MR) is 114 cm³/mol. The van der Waals surface area contributed by atoms with Crippen LogP contribution in [0.15, 0.2) is 67.0 Å². The van der Waals surface area contributed by atoms with Crippen LogP contribution in [0.1, 0.15) is 40.0 Å². The second-order valence-electron chi connectivity index (χ2n) is 7.20. The highest BCUT2D eigenvalue weighted by Crippen LogP contribution is 2.20. The summed E-state index contributed by atoms with van der Waals surface area (Å²) in [5.41, 5.74) is 1.39. The van der Waals surface area contributed by atoms with Gasteiger partial charge in [0.25, 0.3) is 11.8 Å². The van der Waals surface area contributed by atoms with Gasteiger partial charge in [-0.3, -0.25) is 14.5 Å². The van der Waals surface area contributed by atoms with E-state index in [0.29, 0.717) is 29.8 Å². The number of amides is 2. The Labute approximate surface area is 184 Å². The van der Waals surface area contributed by atoms with Gasteiger partial charge in [-0.25, -0.2) is 9.48 Å². The normalized spacial score (nSPS) is 16.6. The number of para-hydroxylation sites is 1. The molecule has 0 N–H and O–H groups in total. The summed E-state index contributed by atoms with van der Waals surface area (Å²) in [4.78, 5) is 39.7. The van der Waals surface area contributed by atoms with Gasteiger partial charge in [-0.1, -0.05) is 29.8 Å². The average Bonchev–Trinajstić information content (AvgIpc) is 3.22. The largest absolute Gasteiger partial charge is 0.449 e. The maximum atomic E-state index is 13.0. The van der Waals surface area contributed by atoms with Crippen molar-refractivity contribution in [2.45, 2.75) is 25.4 Å². The third-order valence-electron chi connectivity index (χ3n) is 5.06. The van der Waals surface area contributed by atoms with E-state index in [1.807, 2.05) is 30.3 Å². The lowest BCUT2D eigenvalue weighted by atomic mass is 10.1. The summed E-state index contributed by atoms with van der Waals surface area (Å²) >= 11 is 5.88. The van der Waals surface area contributed by atoms with E-state index < -0.39 is 23.9 Å². The van der Waals surface area contributed by atoms with Crippen molar-refractivity contribution in [3.8, 4) is 5.69 Å². The van der Waals surface area contributed by atoms with E-state index in [1.165, 1.54) is 6.20 Å². The summed E-state index contributed by atoms with van der Waals surface area (Å²) in [6.45, 7) is 0.278. The van der Waals surface area contributed by atoms with Crippen molar-refractivity contribution in [2.75, 3.05) is 6.54 Å². The maximum absolute atomic E-state index is 13.0. The summed E-state index contributed by atoms with van der Waals surface area (Å²) in [5, 5.41) is 4.69. The van der Waals surface area contributed by atoms with Crippen LogP contribution in [0, 0.1) is 0 Å². The third kappa shape index (κ3) is 4.67. The lowest BCUT2D eigenvalue weighted by molar-refractivity contribution is -0.137. The summed E-state index contributed by atoms with van der Waals surface area (Å²) in [6.07, 6.45) is 3.60. The molecule has 0 saturated carbocycles. The van der Waals surface area contributed by atoms with Crippen molar-refractivity contribution in [2.24, 2.45) is 0 Å². The van der Waals surface area contributed by atoms with Crippen LogP contribution in [-0.4, -0.2) is 45.1 Å². The zero-order valence-electron chi connectivity index (χ0n) is 16.6. The molecule has 1 fully saturated rings. The first-order valence-corrected chi connectivity index (χ1v) is 10.3. The monoisotopic (exact) mass is 437 g/mol. The SMILES string of the molecule is O=C(OC1CCCCN(C(=O)c2ccc(Cl)cc2)C1=O)c1cnn(-c2ccccc2)c1. The Balaban J connectivity index is 1.48. The van der Waals surface area contributed by atoms with E-state index in [4.69, 9.17) is 16.3 Å². The number of aromatic nitrogens is 2. The average molecular weight is 438 g/mol. The van der Waals surface area contributed by atoms with E-state index in [1.54, 1.807) is 35.1 Å². The van der Waals surface area contributed by atoms with Crippen LogP contribution in [0.2, 0.25) is 5.02 Å². The number of halogens is 1. The highest BCUT2D eigenvalue weighted by Gasteiger charge is 2.34. The molecule has 31 heavy (non-hydrogen) atoms. The van der Waals surface area contributed by atoms with Gasteiger partial charge in [0.2, 0.25) is 0 Å². The van der Waals surface area contributed by atoms with Crippen LogP contribution < -0.4 is 0 Å². The van der Waals surface area contributed by atoms with Crippen molar-refractivity contribution in [1.82, 2.24) is 14.7 Å². The Morgan fingerprint density at radius 1 is 1.00 bits per heavy atom. The van der Waals surface area contributed by atoms with E-state index in [9.17, 15) is 14.4 Å². The van der Waals surface area contributed by atoms with Gasteiger partial charge in [-0.05, 0) is 55.7 Å². The van der Waals surface area contributed by atoms with Crippen LogP contribution in [0.5, 0.6) is 0 Å². The highest BCUT2D eigenvalue weighted by molar-refractivity contribution is 6.30. The lowest BCUT2D eigenvalue weighted by Gasteiger charge is -2.22. The first-order valence-electron chi connectivity index (χ1n) is 9.95. The Morgan fingerprint density at radius 2 is 1.74 bits per heavy atom. The quantitative estimate of drug-likeness (QED) is 0.456. The molecule has 2 amide bonds. The van der Waals surface area contributed by atoms with Crippen molar-refractivity contribution >= 4 is 29.4 Å². The van der Waals surface area contributed by atoms with Gasteiger partial charge in [0.1, 0.15) is 0 Å². The molecule has 1 aliphatic heterocycles. The molecule has 0 radical (unpaired) electrons. The molecule has 4 rings (SSSR count). The Hall–Kier alpha value is -3.45. The minimum atomic E-state index is -1.02. The van der Waals surface area contributed by atoms with Gasteiger partial charge >= 0.3 is 5.97 Å². The zero-order valence-corrected chi connectivity index (χ0v) is 17.4. The number of benzene rings is 2. The number of imide groups is 1. The molecule has 0 spiro atoms. The smallest absolute Gasteiger partial charge is 0.342 e. The topological polar surface area (TPSA) is 81.5 Å². The number of carbonyl (C=O) groups is 3. The molecule has 8 heteroatoms. The fourth-order valence-corrected chi connectivity index (χ4v) is 3.54. The van der Waals surface area contributed by atoms with Crippen molar-refractivity contribution < 1.29 is 19.1 Å². The molecule has 158 valence electrons. The van der Waals surface area contributed by atoms with Crippen LogP contribution in [-0.2, 0) is 9.53 Å². The van der Waals surface area contributed by atoms with Crippen molar-refractivity contribution in [1.29, 1.82) is 0 Å². The number of hydrogen-bond acceptors (Lipinski definition) is 5. The van der Waals surface area contributed by atoms with E-state index >= 15 is 0 Å². The number of esters is 1. The van der Waals surface area contributed by atoms with E-state index in [0.717, 1.165) is 10.6 Å². The second kappa shape index (κ2) is 9.14. The van der Waals surface area contributed by atoms with Crippen molar-refractivity contribution in [3.05, 3.63) is 83.1 Å². The van der Waals surface area contributed by atoms with Gasteiger partial charge in [-0.15, -0.1) is 0 Å². The standard InChI is InChI=1S/C23H20ClN3O4/c24-18-11-9-16(10-12-18)21(28)26-13-5-4-8-20(22(26)29)31-23(30)17-14-25-27(15-17)19-6-2-1-3-7-19/h1-3,6-7,9-12,14-15,20H,4-5,8,13H2. The molecule has 1 aromatic heterocycles. The Morgan fingerprint density at radius 3 is 2.48 bits per heavy atom. The number of likely N-dealkylation sites (tertiary alicyclic amines) is 1. The summed E-state index contributed by atoms with van der Waals surface area (Å²) < 4.78 is 7.05. The van der Waals surface area contributed by atoms with Crippen LogP contribution >= 0.6 is 11.6 Å². The molecule has 1 aliphatic rings. The molecule has 3 aromatic rings. The van der Waals surface area contributed by atoms with Crippen LogP contribution in [0.25, 0.3) is 5.69 Å². The number of nitrogens with zero attached hydrogens (tertiary/aromatic N) is 3. The number of rotatable bonds is 4. The molecule has 2 aromatic carbocycles. The van der Waals surface area contributed by atoms with Gasteiger partial charge < -0.3 is 4.74 Å². The number of ether oxygens (including phenoxy) is 1. The maximum Gasteiger partial charge on any atom is 0.342 e. The molecule has 0 bridgehead atoms. The molecule has 2 heterocycles. The first-order chi connectivity index (χ1) is 15.0. The van der Waals surface area contributed by atoms with Gasteiger partial charge in [-0.2, -0.15) is 5.10 Å². The third-order valence-corrected chi connectivity index (χ3v) is 5.32. The number of hydrogen-bond donors (Lipinski definition) is 0. The van der Waals surface area contributed by atoms with Crippen LogP contribution in [0.4, 0.5) is 0 Å². The van der Waals surface area contributed by atoms with Crippen LogP contribution in [0.3, 0.4) is 0 Å². The molecule has 7 nitrogen and oxygen atoms in total. The minimum Gasteiger partial charge on any atom is -0.449 e. The number of carbonyl (C=O) groups excluding carboxylic acids is 3. The molecule has 0 aliphatic carbocycles. The molecular weight excluding hydrogens is 418 g/mol. The van der Waals surface area contributed by atoms with Gasteiger partial charge in [0.05, 0.1) is 17.4 Å². The summed E-state index contributed by atoms with van der Waals surface area (Å²) in [7, 11) is 0. The van der Waals surface area contributed by atoms with E-state index in [2.05, 4.69) is 5.10 Å². The first kappa shape index (κ1) is 20.8. The molecule has 1 saturated heterocycles. The molecular formula is C23H20ClN3O4. The summed E-state index contributed by atoms with van der Waals surface area (Å²) in [5.74, 6) is -1.59. The zero-order chi connectivity index (χ0) is 21.8. The second-order valence-corrected chi connectivity index (χ2v) is 7.64. The van der Waals surface area contributed by atoms with Gasteiger partial charge in [0.15, 0.2) is 6.10 Å². The highest BCUT2D eigenvalue weighted by atomic mass is 35.5. The molecule has 1 unspecified atom stereocenters. The summed E-state index contributed by atoms with van der Waals surface area (Å²) in [6, 6.07) is 15.7. The fraction of sp³-hybridized carbons (Fsp3) is 0.217. The predicted octanol–water partition coefficient (Wildman–Crippen LogP) is 3.90. The van der Waals surface area contributed by atoms with Gasteiger partial charge in [0, 0.05) is 23.3 Å². The molecule has 1 atom stereocenters. The lowest BCUT2D eigenvalue weighted by Crippen LogP contribution is -2.43. The minimum absolute atomic E-state index is 0.233. The Kier molecular flexibility index (Phi) is 6.13.